The summed E-state index contributed by atoms with van der Waals surface area (Å²) in [6, 6.07) is 12.2. The molecule has 0 saturated heterocycles. The fourth-order valence-corrected chi connectivity index (χ4v) is 4.65. The van der Waals surface area contributed by atoms with E-state index >= 15 is 0 Å². The number of hydrogen-bond acceptors (Lipinski definition) is 5. The van der Waals surface area contributed by atoms with Crippen LogP contribution in [-0.4, -0.2) is 21.9 Å². The molecule has 31 heavy (non-hydrogen) atoms. The number of H-pyrrole nitrogens is 1. The average molecular weight is 442 g/mol. The molecule has 162 valence electrons. The van der Waals surface area contributed by atoms with Gasteiger partial charge in [-0.1, -0.05) is 36.0 Å². The number of rotatable bonds is 6. The Kier molecular flexibility index (Phi) is 5.91. The molecule has 0 aliphatic carbocycles. The zero-order chi connectivity index (χ0) is 22.1. The van der Waals surface area contributed by atoms with Gasteiger partial charge in [-0.3, -0.25) is 14.6 Å². The number of aliphatic imine (C=N–C) groups is 1. The number of aromatic nitrogens is 2. The van der Waals surface area contributed by atoms with Crippen LogP contribution in [0.15, 0.2) is 52.3 Å². The number of nitrogens with zero attached hydrogens (tertiary/aromatic N) is 2. The lowest BCUT2D eigenvalue weighted by atomic mass is 10.1. The lowest BCUT2D eigenvalue weighted by Gasteiger charge is -2.22. The fourth-order valence-electron chi connectivity index (χ4n) is 3.56. The summed E-state index contributed by atoms with van der Waals surface area (Å²) in [6.45, 7) is 6.03. The van der Waals surface area contributed by atoms with Crippen molar-refractivity contribution in [1.29, 1.82) is 0 Å². The van der Waals surface area contributed by atoms with E-state index in [0.29, 0.717) is 28.4 Å². The van der Waals surface area contributed by atoms with Crippen LogP contribution in [-0.2, 0) is 6.61 Å². The molecule has 1 atom stereocenters. The molecule has 2 aromatic carbocycles. The summed E-state index contributed by atoms with van der Waals surface area (Å²) in [7, 11) is 1.56. The summed E-state index contributed by atoms with van der Waals surface area (Å²) in [6.07, 6.45) is 0. The van der Waals surface area contributed by atoms with Crippen LogP contribution in [0.3, 0.4) is 0 Å². The molecule has 4 rings (SSSR count). The van der Waals surface area contributed by atoms with Crippen molar-refractivity contribution in [3.05, 3.63) is 75.3 Å². The van der Waals surface area contributed by atoms with E-state index in [0.717, 1.165) is 10.6 Å². The molecule has 1 aliphatic rings. The first-order chi connectivity index (χ1) is 14.9. The SMILES string of the molecule is COc1cc([C@@H]2SC(C)=Nc3c2c(=O)[nH]n3C(C)C)ccc1OCc1ccccc1F. The summed E-state index contributed by atoms with van der Waals surface area (Å²) in [5, 5.41) is 3.57. The van der Waals surface area contributed by atoms with Crippen molar-refractivity contribution in [3.63, 3.8) is 0 Å². The molecule has 0 amide bonds. The zero-order valence-electron chi connectivity index (χ0n) is 17.8. The van der Waals surface area contributed by atoms with Gasteiger partial charge < -0.3 is 9.47 Å². The normalized spacial score (nSPS) is 15.5. The van der Waals surface area contributed by atoms with Crippen molar-refractivity contribution < 1.29 is 13.9 Å². The number of halogens is 1. The topological polar surface area (TPSA) is 68.6 Å². The Hall–Kier alpha value is -3.00. The van der Waals surface area contributed by atoms with Gasteiger partial charge in [0.1, 0.15) is 12.4 Å². The minimum atomic E-state index is -0.312. The zero-order valence-corrected chi connectivity index (χ0v) is 18.6. The molecule has 0 fully saturated rings. The molecular formula is C23H24FN3O3S. The molecular weight excluding hydrogens is 417 g/mol. The Balaban J connectivity index is 1.67. The van der Waals surface area contributed by atoms with Gasteiger partial charge in [0.25, 0.3) is 5.56 Å². The minimum absolute atomic E-state index is 0.0837. The van der Waals surface area contributed by atoms with E-state index in [4.69, 9.17) is 9.47 Å². The van der Waals surface area contributed by atoms with Crippen molar-refractivity contribution in [2.75, 3.05) is 7.11 Å². The van der Waals surface area contributed by atoms with Crippen LogP contribution in [0.25, 0.3) is 0 Å². The van der Waals surface area contributed by atoms with E-state index in [-0.39, 0.29) is 29.3 Å². The predicted molar refractivity (Wildman–Crippen MR) is 121 cm³/mol. The van der Waals surface area contributed by atoms with E-state index in [1.54, 1.807) is 36.1 Å². The molecule has 1 aliphatic heterocycles. The minimum Gasteiger partial charge on any atom is -0.493 e. The third-order valence-corrected chi connectivity index (χ3v) is 6.27. The van der Waals surface area contributed by atoms with Crippen molar-refractivity contribution in [3.8, 4) is 11.5 Å². The quantitative estimate of drug-likeness (QED) is 0.558. The molecule has 0 bridgehead atoms. The summed E-state index contributed by atoms with van der Waals surface area (Å²) in [5.41, 5.74) is 1.86. The maximum Gasteiger partial charge on any atom is 0.271 e. The second-order valence-corrected chi connectivity index (χ2v) is 8.86. The number of nitrogens with one attached hydrogen (secondary N) is 1. The molecule has 8 heteroatoms. The summed E-state index contributed by atoms with van der Waals surface area (Å²) >= 11 is 1.53. The molecule has 6 nitrogen and oxygen atoms in total. The second-order valence-electron chi connectivity index (χ2n) is 7.56. The summed E-state index contributed by atoms with van der Waals surface area (Å²) in [4.78, 5) is 17.4. The first-order valence-corrected chi connectivity index (χ1v) is 10.9. The van der Waals surface area contributed by atoms with Crippen molar-refractivity contribution >= 4 is 22.6 Å². The highest BCUT2D eigenvalue weighted by Gasteiger charge is 2.31. The van der Waals surface area contributed by atoms with Crippen LogP contribution >= 0.6 is 11.8 Å². The Morgan fingerprint density at radius 3 is 2.71 bits per heavy atom. The number of aromatic amines is 1. The highest BCUT2D eigenvalue weighted by Crippen LogP contribution is 2.45. The highest BCUT2D eigenvalue weighted by molar-refractivity contribution is 8.14. The number of benzene rings is 2. The van der Waals surface area contributed by atoms with E-state index in [1.165, 1.54) is 17.8 Å². The molecule has 0 saturated carbocycles. The largest absolute Gasteiger partial charge is 0.493 e. The van der Waals surface area contributed by atoms with Crippen LogP contribution in [0.4, 0.5) is 10.2 Å². The van der Waals surface area contributed by atoms with Crippen LogP contribution in [0.1, 0.15) is 48.8 Å². The van der Waals surface area contributed by atoms with Gasteiger partial charge in [0.15, 0.2) is 17.3 Å². The average Bonchev–Trinajstić information content (AvgIpc) is 3.09. The van der Waals surface area contributed by atoms with E-state index < -0.39 is 0 Å². The predicted octanol–water partition coefficient (Wildman–Crippen LogP) is 5.37. The standard InChI is InChI=1S/C23H24FN3O3S/c1-13(2)27-22-20(23(28)26-27)21(31-14(3)25-22)15-9-10-18(19(11-15)29-4)30-12-16-7-5-6-8-17(16)24/h5-11,13,21H,12H2,1-4H3,(H,26,28)/t21-/m0/s1. The second kappa shape index (κ2) is 8.63. The lowest BCUT2D eigenvalue weighted by Crippen LogP contribution is -2.13. The van der Waals surface area contributed by atoms with Gasteiger partial charge in [0, 0.05) is 11.6 Å². The number of thioether (sulfide) groups is 1. The van der Waals surface area contributed by atoms with Crippen molar-refractivity contribution in [1.82, 2.24) is 9.78 Å². The van der Waals surface area contributed by atoms with Gasteiger partial charge in [-0.15, -0.1) is 0 Å². The Labute approximate surface area is 184 Å². The molecule has 0 spiro atoms. The number of ether oxygens (including phenoxy) is 2. The number of hydrogen-bond donors (Lipinski definition) is 1. The third-order valence-electron chi connectivity index (χ3n) is 5.10. The van der Waals surface area contributed by atoms with Gasteiger partial charge in [-0.25, -0.2) is 9.38 Å². The monoisotopic (exact) mass is 441 g/mol. The third kappa shape index (κ3) is 4.12. The number of methoxy groups -OCH3 is 1. The Bertz CT molecular complexity index is 1200. The van der Waals surface area contributed by atoms with Crippen LogP contribution in [0, 0.1) is 5.82 Å². The molecule has 0 radical (unpaired) electrons. The maximum absolute atomic E-state index is 13.9. The smallest absolute Gasteiger partial charge is 0.271 e. The summed E-state index contributed by atoms with van der Waals surface area (Å²) in [5.74, 6) is 1.39. The molecule has 3 aromatic rings. The fraction of sp³-hybridized carbons (Fsp3) is 0.304. The Morgan fingerprint density at radius 2 is 2.00 bits per heavy atom. The summed E-state index contributed by atoms with van der Waals surface area (Å²) < 4.78 is 27.1. The maximum atomic E-state index is 13.9. The first-order valence-electron chi connectivity index (χ1n) is 9.99. The van der Waals surface area contributed by atoms with Crippen LogP contribution in [0.2, 0.25) is 0 Å². The molecule has 0 unspecified atom stereocenters. The number of fused-ring (bicyclic) bond motifs is 1. The van der Waals surface area contributed by atoms with E-state index in [2.05, 4.69) is 10.1 Å². The van der Waals surface area contributed by atoms with Gasteiger partial charge in [-0.05, 0) is 44.5 Å². The van der Waals surface area contributed by atoms with Gasteiger partial charge in [0.2, 0.25) is 0 Å². The first kappa shape index (κ1) is 21.2. The highest BCUT2D eigenvalue weighted by atomic mass is 32.2. The van der Waals surface area contributed by atoms with Gasteiger partial charge >= 0.3 is 0 Å². The van der Waals surface area contributed by atoms with Crippen LogP contribution in [0.5, 0.6) is 11.5 Å². The van der Waals surface area contributed by atoms with Crippen LogP contribution < -0.4 is 15.0 Å². The van der Waals surface area contributed by atoms with Crippen molar-refractivity contribution in [2.24, 2.45) is 4.99 Å². The van der Waals surface area contributed by atoms with E-state index in [1.807, 2.05) is 32.9 Å². The van der Waals surface area contributed by atoms with E-state index in [9.17, 15) is 9.18 Å². The lowest BCUT2D eigenvalue weighted by molar-refractivity contribution is 0.279. The molecule has 1 N–H and O–H groups in total. The van der Waals surface area contributed by atoms with Crippen molar-refractivity contribution in [2.45, 2.75) is 38.7 Å². The van der Waals surface area contributed by atoms with Gasteiger partial charge in [0.05, 0.1) is 23.0 Å². The van der Waals surface area contributed by atoms with Gasteiger partial charge in [-0.2, -0.15) is 0 Å². The Morgan fingerprint density at radius 1 is 1.23 bits per heavy atom. The molecule has 2 heterocycles. The molecule has 1 aromatic heterocycles.